The molecule has 120 valence electrons. The van der Waals surface area contributed by atoms with Crippen molar-refractivity contribution in [1.29, 1.82) is 0 Å². The van der Waals surface area contributed by atoms with Crippen LogP contribution in [-0.4, -0.2) is 11.1 Å². The van der Waals surface area contributed by atoms with Crippen LogP contribution in [0.15, 0.2) is 38.9 Å². The molecule has 0 atom stereocenters. The SMILES string of the molecule is CC(=O)Oc1c2oc3ccc(Cl)cc3c(=O)c2c(O)c2ccsc12. The number of ether oxygens (including phenoxy) is 1. The predicted molar refractivity (Wildman–Crippen MR) is 93.4 cm³/mol. The number of fused-ring (bicyclic) bond motifs is 3. The van der Waals surface area contributed by atoms with Crippen LogP contribution in [-0.2, 0) is 4.79 Å². The lowest BCUT2D eigenvalue weighted by Gasteiger charge is -2.10. The highest BCUT2D eigenvalue weighted by molar-refractivity contribution is 7.17. The van der Waals surface area contributed by atoms with Crippen LogP contribution in [0.25, 0.3) is 32.0 Å². The first kappa shape index (κ1) is 15.0. The number of carbonyl (C=O) groups is 1. The molecule has 0 unspecified atom stereocenters. The third-order valence-corrected chi connectivity index (χ3v) is 4.82. The first-order chi connectivity index (χ1) is 11.5. The van der Waals surface area contributed by atoms with Crippen molar-refractivity contribution in [2.24, 2.45) is 0 Å². The number of esters is 1. The first-order valence-corrected chi connectivity index (χ1v) is 8.19. The highest BCUT2D eigenvalue weighted by Gasteiger charge is 2.23. The van der Waals surface area contributed by atoms with Crippen LogP contribution >= 0.6 is 22.9 Å². The van der Waals surface area contributed by atoms with Crippen molar-refractivity contribution in [1.82, 2.24) is 0 Å². The minimum atomic E-state index is -0.546. The van der Waals surface area contributed by atoms with E-state index in [1.165, 1.54) is 24.3 Å². The van der Waals surface area contributed by atoms with Crippen molar-refractivity contribution in [2.75, 3.05) is 0 Å². The molecule has 7 heteroatoms. The van der Waals surface area contributed by atoms with E-state index in [9.17, 15) is 14.7 Å². The van der Waals surface area contributed by atoms with Crippen LogP contribution in [0.3, 0.4) is 0 Å². The molecular formula is C17H9ClO5S. The van der Waals surface area contributed by atoms with Crippen molar-refractivity contribution in [3.63, 3.8) is 0 Å². The van der Waals surface area contributed by atoms with E-state index in [-0.39, 0.29) is 27.9 Å². The van der Waals surface area contributed by atoms with E-state index in [1.54, 1.807) is 23.6 Å². The molecule has 1 N–H and O–H groups in total. The van der Waals surface area contributed by atoms with Crippen LogP contribution in [0, 0.1) is 0 Å². The van der Waals surface area contributed by atoms with Crippen molar-refractivity contribution in [2.45, 2.75) is 6.92 Å². The molecule has 2 aromatic heterocycles. The van der Waals surface area contributed by atoms with Gasteiger partial charge in [-0.15, -0.1) is 11.3 Å². The monoisotopic (exact) mass is 360 g/mol. The number of phenols is 1. The minimum Gasteiger partial charge on any atom is -0.506 e. The summed E-state index contributed by atoms with van der Waals surface area (Å²) >= 11 is 7.23. The first-order valence-electron chi connectivity index (χ1n) is 6.94. The Kier molecular flexibility index (Phi) is 3.26. The zero-order chi connectivity index (χ0) is 17.0. The summed E-state index contributed by atoms with van der Waals surface area (Å²) in [4.78, 5) is 24.3. The van der Waals surface area contributed by atoms with Crippen LogP contribution in [0.2, 0.25) is 5.02 Å². The molecule has 4 aromatic rings. The Balaban J connectivity index is 2.30. The summed E-state index contributed by atoms with van der Waals surface area (Å²) in [7, 11) is 0. The number of rotatable bonds is 1. The number of thiophene rings is 1. The molecule has 0 aliphatic carbocycles. The lowest BCUT2D eigenvalue weighted by Crippen LogP contribution is -2.06. The van der Waals surface area contributed by atoms with Crippen molar-refractivity contribution < 1.29 is 19.1 Å². The van der Waals surface area contributed by atoms with Gasteiger partial charge >= 0.3 is 5.97 Å². The number of hydrogen-bond acceptors (Lipinski definition) is 6. The minimum absolute atomic E-state index is 0.0353. The highest BCUT2D eigenvalue weighted by Crippen LogP contribution is 2.44. The molecule has 0 spiro atoms. The van der Waals surface area contributed by atoms with Crippen LogP contribution in [0.1, 0.15) is 6.92 Å². The fourth-order valence-corrected chi connectivity index (χ4v) is 3.73. The van der Waals surface area contributed by atoms with E-state index in [2.05, 4.69) is 0 Å². The molecule has 0 aliphatic heterocycles. The molecule has 0 bridgehead atoms. The second-order valence-electron chi connectivity index (χ2n) is 5.21. The Morgan fingerprint density at radius 2 is 2.08 bits per heavy atom. The summed E-state index contributed by atoms with van der Waals surface area (Å²) < 4.78 is 11.6. The third-order valence-electron chi connectivity index (χ3n) is 3.67. The summed E-state index contributed by atoms with van der Waals surface area (Å²) in [6.45, 7) is 1.26. The maximum Gasteiger partial charge on any atom is 0.308 e. The van der Waals surface area contributed by atoms with Crippen molar-refractivity contribution in [3.8, 4) is 11.5 Å². The quantitative estimate of drug-likeness (QED) is 0.308. The average molecular weight is 361 g/mol. The summed E-state index contributed by atoms with van der Waals surface area (Å²) in [6.07, 6.45) is 0. The van der Waals surface area contributed by atoms with Crippen molar-refractivity contribution in [3.05, 3.63) is 44.9 Å². The van der Waals surface area contributed by atoms with E-state index in [1.807, 2.05) is 0 Å². The van der Waals surface area contributed by atoms with Crippen molar-refractivity contribution >= 4 is 60.9 Å². The summed E-state index contributed by atoms with van der Waals surface area (Å²) in [5, 5.41) is 13.3. The van der Waals surface area contributed by atoms with E-state index < -0.39 is 11.4 Å². The van der Waals surface area contributed by atoms with E-state index in [0.29, 0.717) is 20.7 Å². The predicted octanol–water partition coefficient (Wildman–Crippen LogP) is 4.45. The van der Waals surface area contributed by atoms with E-state index in [4.69, 9.17) is 20.8 Å². The van der Waals surface area contributed by atoms with Gasteiger partial charge in [-0.3, -0.25) is 9.59 Å². The lowest BCUT2D eigenvalue weighted by molar-refractivity contribution is -0.131. The Labute approximate surface area is 143 Å². The van der Waals surface area contributed by atoms with Gasteiger partial charge in [-0.25, -0.2) is 0 Å². The van der Waals surface area contributed by atoms with Gasteiger partial charge in [-0.05, 0) is 29.6 Å². The Bertz CT molecular complexity index is 1200. The Hall–Kier alpha value is -2.57. The molecular weight excluding hydrogens is 352 g/mol. The molecule has 0 saturated heterocycles. The number of benzene rings is 2. The molecule has 0 fully saturated rings. The average Bonchev–Trinajstić information content (AvgIpc) is 3.01. The fourth-order valence-electron chi connectivity index (χ4n) is 2.69. The fraction of sp³-hybridized carbons (Fsp3) is 0.0588. The van der Waals surface area contributed by atoms with Gasteiger partial charge < -0.3 is 14.3 Å². The number of carbonyl (C=O) groups excluding carboxylic acids is 1. The molecule has 0 amide bonds. The van der Waals surface area contributed by atoms with Crippen LogP contribution in [0.4, 0.5) is 0 Å². The summed E-state index contributed by atoms with van der Waals surface area (Å²) in [6, 6.07) is 6.29. The van der Waals surface area contributed by atoms with Gasteiger partial charge in [0.25, 0.3) is 0 Å². The largest absolute Gasteiger partial charge is 0.506 e. The lowest BCUT2D eigenvalue weighted by atomic mass is 10.1. The summed E-state index contributed by atoms with van der Waals surface area (Å²) in [5.74, 6) is -0.613. The maximum atomic E-state index is 12.8. The molecule has 0 saturated carbocycles. The number of aromatic hydroxyl groups is 1. The number of halogens is 1. The molecule has 0 aliphatic rings. The second kappa shape index (κ2) is 5.22. The van der Waals surface area contributed by atoms with Gasteiger partial charge in [-0.1, -0.05) is 11.6 Å². The third kappa shape index (κ3) is 2.07. The normalized spacial score (nSPS) is 11.4. The Morgan fingerprint density at radius 3 is 2.83 bits per heavy atom. The van der Waals surface area contributed by atoms with Gasteiger partial charge in [0, 0.05) is 17.3 Å². The van der Waals surface area contributed by atoms with Gasteiger partial charge in [0.05, 0.1) is 10.1 Å². The molecule has 0 radical (unpaired) electrons. The topological polar surface area (TPSA) is 76.7 Å². The van der Waals surface area contributed by atoms with Gasteiger partial charge in [0.2, 0.25) is 5.43 Å². The standard InChI is InChI=1S/C17H9ClO5S/c1-7(19)22-16-15-12(13(20)9-4-5-24-17(9)16)14(21)10-6-8(18)2-3-11(10)23-15/h2-6,20H,1H3. The summed E-state index contributed by atoms with van der Waals surface area (Å²) in [5.41, 5.74) is -0.106. The second-order valence-corrected chi connectivity index (χ2v) is 6.56. The molecule has 24 heavy (non-hydrogen) atoms. The smallest absolute Gasteiger partial charge is 0.308 e. The van der Waals surface area contributed by atoms with Crippen LogP contribution in [0.5, 0.6) is 11.5 Å². The zero-order valence-corrected chi connectivity index (χ0v) is 13.8. The van der Waals surface area contributed by atoms with Crippen LogP contribution < -0.4 is 10.2 Å². The highest BCUT2D eigenvalue weighted by atomic mass is 35.5. The molecule has 4 rings (SSSR count). The zero-order valence-electron chi connectivity index (χ0n) is 12.3. The molecule has 5 nitrogen and oxygen atoms in total. The van der Waals surface area contributed by atoms with Gasteiger partial charge in [0.1, 0.15) is 16.7 Å². The number of phenolic OH excluding ortho intramolecular Hbond substituents is 1. The maximum absolute atomic E-state index is 12.8. The molecule has 2 heterocycles. The van der Waals surface area contributed by atoms with E-state index >= 15 is 0 Å². The number of hydrogen-bond donors (Lipinski definition) is 1. The van der Waals surface area contributed by atoms with Gasteiger partial charge in [-0.2, -0.15) is 0 Å². The van der Waals surface area contributed by atoms with Gasteiger partial charge in [0.15, 0.2) is 11.3 Å². The Morgan fingerprint density at radius 1 is 1.29 bits per heavy atom. The molecule has 2 aromatic carbocycles. The van der Waals surface area contributed by atoms with E-state index in [0.717, 1.165) is 0 Å².